The maximum absolute atomic E-state index is 12.1. The molecule has 0 saturated carbocycles. The van der Waals surface area contributed by atoms with Crippen molar-refractivity contribution in [2.24, 2.45) is 0 Å². The third-order valence-electron chi connectivity index (χ3n) is 3.24. The number of methoxy groups -OCH3 is 1. The number of ketones is 1. The Hall–Kier alpha value is -2.29. The summed E-state index contributed by atoms with van der Waals surface area (Å²) in [6.45, 7) is 2.18. The standard InChI is InChI=1S/C18H20O3/c1-3-4-14-5-7-15(8-6-14)18(19)13-21-17-11-9-16(20-2)10-12-17/h5-12H,3-4,13H2,1-2H3. The summed E-state index contributed by atoms with van der Waals surface area (Å²) in [4.78, 5) is 12.1. The lowest BCUT2D eigenvalue weighted by molar-refractivity contribution is 0.0921. The molecule has 0 atom stereocenters. The van der Waals surface area contributed by atoms with E-state index in [1.807, 2.05) is 24.3 Å². The molecule has 0 heterocycles. The van der Waals surface area contributed by atoms with E-state index in [0.29, 0.717) is 11.3 Å². The average molecular weight is 284 g/mol. The lowest BCUT2D eigenvalue weighted by atomic mass is 10.1. The summed E-state index contributed by atoms with van der Waals surface area (Å²) in [6.07, 6.45) is 2.14. The quantitative estimate of drug-likeness (QED) is 0.723. The third-order valence-corrected chi connectivity index (χ3v) is 3.24. The predicted octanol–water partition coefficient (Wildman–Crippen LogP) is 3.91. The number of aryl methyl sites for hydroxylation is 1. The Morgan fingerprint density at radius 3 is 2.14 bits per heavy atom. The molecule has 110 valence electrons. The Bertz CT molecular complexity index is 570. The molecule has 0 N–H and O–H groups in total. The Kier molecular flexibility index (Phi) is 5.38. The number of carbonyl (C=O) groups is 1. The zero-order valence-corrected chi connectivity index (χ0v) is 12.5. The largest absolute Gasteiger partial charge is 0.497 e. The molecule has 0 saturated heterocycles. The van der Waals surface area contributed by atoms with Crippen LogP contribution in [0.25, 0.3) is 0 Å². The van der Waals surface area contributed by atoms with E-state index >= 15 is 0 Å². The number of ether oxygens (including phenoxy) is 2. The van der Waals surface area contributed by atoms with Gasteiger partial charge in [-0.3, -0.25) is 4.79 Å². The third kappa shape index (κ3) is 4.35. The van der Waals surface area contributed by atoms with Crippen molar-refractivity contribution in [3.8, 4) is 11.5 Å². The zero-order chi connectivity index (χ0) is 15.1. The van der Waals surface area contributed by atoms with Crippen LogP contribution in [0.4, 0.5) is 0 Å². The van der Waals surface area contributed by atoms with Crippen LogP contribution in [-0.4, -0.2) is 19.5 Å². The van der Waals surface area contributed by atoms with E-state index in [1.165, 1.54) is 5.56 Å². The van der Waals surface area contributed by atoms with Gasteiger partial charge in [-0.25, -0.2) is 0 Å². The van der Waals surface area contributed by atoms with Crippen LogP contribution in [0, 0.1) is 0 Å². The summed E-state index contributed by atoms with van der Waals surface area (Å²) in [5.41, 5.74) is 1.94. The molecule has 21 heavy (non-hydrogen) atoms. The minimum atomic E-state index is -0.0196. The SMILES string of the molecule is CCCc1ccc(C(=O)COc2ccc(OC)cc2)cc1. The van der Waals surface area contributed by atoms with Crippen molar-refractivity contribution >= 4 is 5.78 Å². The molecule has 3 heteroatoms. The molecule has 3 nitrogen and oxygen atoms in total. The molecule has 0 radical (unpaired) electrons. The molecular formula is C18H20O3. The number of hydrogen-bond acceptors (Lipinski definition) is 3. The van der Waals surface area contributed by atoms with Gasteiger partial charge in [-0.1, -0.05) is 37.6 Å². The fraction of sp³-hybridized carbons (Fsp3) is 0.278. The molecular weight excluding hydrogens is 264 g/mol. The first-order valence-corrected chi connectivity index (χ1v) is 7.12. The smallest absolute Gasteiger partial charge is 0.200 e. The number of hydrogen-bond donors (Lipinski definition) is 0. The maximum atomic E-state index is 12.1. The van der Waals surface area contributed by atoms with Crippen LogP contribution in [-0.2, 0) is 6.42 Å². The molecule has 0 aliphatic carbocycles. The Labute approximate surface area is 125 Å². The summed E-state index contributed by atoms with van der Waals surface area (Å²) < 4.78 is 10.6. The molecule has 0 fully saturated rings. The number of Topliss-reactive ketones (excluding diaryl/α,β-unsaturated/α-hetero) is 1. The molecule has 0 unspecified atom stereocenters. The van der Waals surface area contributed by atoms with E-state index in [0.717, 1.165) is 18.6 Å². The number of carbonyl (C=O) groups excluding carboxylic acids is 1. The highest BCUT2D eigenvalue weighted by molar-refractivity contribution is 5.97. The van der Waals surface area contributed by atoms with Crippen LogP contribution in [0.3, 0.4) is 0 Å². The lowest BCUT2D eigenvalue weighted by Crippen LogP contribution is -2.11. The summed E-state index contributed by atoms with van der Waals surface area (Å²) in [7, 11) is 1.61. The van der Waals surface area contributed by atoms with Gasteiger partial charge in [0.1, 0.15) is 11.5 Å². The molecule has 0 aromatic heterocycles. The van der Waals surface area contributed by atoms with E-state index < -0.39 is 0 Å². The fourth-order valence-electron chi connectivity index (χ4n) is 2.05. The highest BCUT2D eigenvalue weighted by atomic mass is 16.5. The first kappa shape index (κ1) is 15.1. The van der Waals surface area contributed by atoms with E-state index in [-0.39, 0.29) is 12.4 Å². The van der Waals surface area contributed by atoms with Gasteiger partial charge in [0.05, 0.1) is 7.11 Å². The van der Waals surface area contributed by atoms with Crippen LogP contribution < -0.4 is 9.47 Å². The first-order chi connectivity index (χ1) is 10.2. The van der Waals surface area contributed by atoms with Crippen molar-refractivity contribution in [2.75, 3.05) is 13.7 Å². The van der Waals surface area contributed by atoms with Crippen LogP contribution >= 0.6 is 0 Å². The van der Waals surface area contributed by atoms with E-state index in [2.05, 4.69) is 6.92 Å². The molecule has 0 bridgehead atoms. The van der Waals surface area contributed by atoms with Gasteiger partial charge in [0.25, 0.3) is 0 Å². The van der Waals surface area contributed by atoms with E-state index in [4.69, 9.17) is 9.47 Å². The summed E-state index contributed by atoms with van der Waals surface area (Å²) >= 11 is 0. The molecule has 0 aliphatic rings. The molecule has 0 aliphatic heterocycles. The lowest BCUT2D eigenvalue weighted by Gasteiger charge is -2.07. The summed E-state index contributed by atoms with van der Waals surface area (Å²) in [5, 5.41) is 0. The normalized spacial score (nSPS) is 10.2. The zero-order valence-electron chi connectivity index (χ0n) is 12.5. The topological polar surface area (TPSA) is 35.5 Å². The molecule has 2 aromatic carbocycles. The fourth-order valence-corrected chi connectivity index (χ4v) is 2.05. The monoisotopic (exact) mass is 284 g/mol. The van der Waals surface area contributed by atoms with E-state index in [1.54, 1.807) is 31.4 Å². The minimum absolute atomic E-state index is 0.0196. The van der Waals surface area contributed by atoms with E-state index in [9.17, 15) is 4.79 Å². The van der Waals surface area contributed by atoms with Gasteiger partial charge in [-0.05, 0) is 36.2 Å². The molecule has 0 spiro atoms. The molecule has 2 aromatic rings. The average Bonchev–Trinajstić information content (AvgIpc) is 2.54. The maximum Gasteiger partial charge on any atom is 0.200 e. The van der Waals surface area contributed by atoms with Gasteiger partial charge in [0.2, 0.25) is 0 Å². The summed E-state index contributed by atoms with van der Waals surface area (Å²) in [6, 6.07) is 14.9. The Morgan fingerprint density at radius 2 is 1.57 bits per heavy atom. The minimum Gasteiger partial charge on any atom is -0.497 e. The second-order valence-electron chi connectivity index (χ2n) is 4.83. The summed E-state index contributed by atoms with van der Waals surface area (Å²) in [5.74, 6) is 1.40. The van der Waals surface area contributed by atoms with Gasteiger partial charge in [-0.2, -0.15) is 0 Å². The van der Waals surface area contributed by atoms with Crippen molar-refractivity contribution in [2.45, 2.75) is 19.8 Å². The molecule has 2 rings (SSSR count). The second kappa shape index (κ2) is 7.48. The Balaban J connectivity index is 1.91. The highest BCUT2D eigenvalue weighted by Gasteiger charge is 2.07. The van der Waals surface area contributed by atoms with Crippen molar-refractivity contribution in [1.29, 1.82) is 0 Å². The Morgan fingerprint density at radius 1 is 0.952 bits per heavy atom. The number of rotatable bonds is 7. The van der Waals surface area contributed by atoms with Crippen LogP contribution in [0.1, 0.15) is 29.3 Å². The highest BCUT2D eigenvalue weighted by Crippen LogP contribution is 2.17. The van der Waals surface area contributed by atoms with Gasteiger partial charge < -0.3 is 9.47 Å². The van der Waals surface area contributed by atoms with Crippen molar-refractivity contribution < 1.29 is 14.3 Å². The van der Waals surface area contributed by atoms with Crippen LogP contribution in [0.15, 0.2) is 48.5 Å². The van der Waals surface area contributed by atoms with Gasteiger partial charge >= 0.3 is 0 Å². The van der Waals surface area contributed by atoms with Gasteiger partial charge in [0, 0.05) is 5.56 Å². The van der Waals surface area contributed by atoms with Gasteiger partial charge in [0.15, 0.2) is 12.4 Å². The predicted molar refractivity (Wildman–Crippen MR) is 83.3 cm³/mol. The van der Waals surface area contributed by atoms with Crippen molar-refractivity contribution in [3.05, 3.63) is 59.7 Å². The van der Waals surface area contributed by atoms with Crippen molar-refractivity contribution in [1.82, 2.24) is 0 Å². The van der Waals surface area contributed by atoms with Crippen molar-refractivity contribution in [3.63, 3.8) is 0 Å². The second-order valence-corrected chi connectivity index (χ2v) is 4.83. The molecule has 0 amide bonds. The number of benzene rings is 2. The first-order valence-electron chi connectivity index (χ1n) is 7.12. The van der Waals surface area contributed by atoms with Crippen LogP contribution in [0.2, 0.25) is 0 Å². The van der Waals surface area contributed by atoms with Gasteiger partial charge in [-0.15, -0.1) is 0 Å². The van der Waals surface area contributed by atoms with Crippen LogP contribution in [0.5, 0.6) is 11.5 Å².